The van der Waals surface area contributed by atoms with E-state index in [2.05, 4.69) is 0 Å². The van der Waals surface area contributed by atoms with Gasteiger partial charge in [0.05, 0.1) is 0 Å². The molecular formula is H24Al2Ca2O22S5. The molecule has 0 saturated carbocycles. The second-order valence-corrected chi connectivity index (χ2v) is 6.72. The summed E-state index contributed by atoms with van der Waals surface area (Å²) in [7, 11) is -23.3. The summed E-state index contributed by atoms with van der Waals surface area (Å²) in [6.45, 7) is 0. The predicted molar refractivity (Wildman–Crippen MR) is 114 cm³/mol. The Morgan fingerprint density at radius 3 is 0.323 bits per heavy atom. The van der Waals surface area contributed by atoms with Gasteiger partial charge in [0, 0.05) is 0 Å². The topological polar surface area (TPSA) is 436 Å². The molecule has 0 aromatic heterocycles. The third-order valence-electron chi connectivity index (χ3n) is 0. The predicted octanol–water partition coefficient (Wildman–Crippen LogP) is -7.59. The maximum absolute atomic E-state index is 8.74. The zero-order valence-corrected chi connectivity index (χ0v) is 21.5. The van der Waals surface area contributed by atoms with Crippen molar-refractivity contribution in [2.45, 2.75) is 0 Å². The minimum absolute atomic E-state index is 0. The van der Waals surface area contributed by atoms with Crippen LogP contribution >= 0.6 is 0 Å². The second kappa shape index (κ2) is 30.9. The zero-order valence-electron chi connectivity index (χ0n) is 17.0. The van der Waals surface area contributed by atoms with Crippen molar-refractivity contribution in [3.63, 3.8) is 0 Å². The fraction of sp³-hybridized carbons (Fsp3) is 0. The third-order valence-corrected chi connectivity index (χ3v) is 0. The summed E-state index contributed by atoms with van der Waals surface area (Å²) in [4.78, 5) is 0. The van der Waals surface area contributed by atoms with Crippen molar-refractivity contribution in [3.05, 3.63) is 0 Å². The van der Waals surface area contributed by atoms with Gasteiger partial charge in [0.1, 0.15) is 0 Å². The van der Waals surface area contributed by atoms with Gasteiger partial charge in [-0.15, -0.1) is 0 Å². The summed E-state index contributed by atoms with van der Waals surface area (Å²) in [5.74, 6) is 0. The van der Waals surface area contributed by atoms with E-state index in [0.717, 1.165) is 0 Å². The van der Waals surface area contributed by atoms with Crippen LogP contribution in [0.1, 0.15) is 5.71 Å². The molecule has 0 aliphatic carbocycles. The molecule has 0 heterocycles. The Hall–Kier alpha value is 2.85. The van der Waals surface area contributed by atoms with Crippen molar-refractivity contribution in [2.75, 3.05) is 0 Å². The average Bonchev–Trinajstić information content (AvgIpc) is 1.79. The third kappa shape index (κ3) is 3840. The van der Waals surface area contributed by atoms with Crippen LogP contribution in [0.15, 0.2) is 0 Å². The van der Waals surface area contributed by atoms with Crippen molar-refractivity contribution in [2.24, 2.45) is 0 Å². The van der Waals surface area contributed by atoms with E-state index in [1.165, 1.54) is 0 Å². The van der Waals surface area contributed by atoms with Gasteiger partial charge in [-0.3, -0.25) is 45.5 Å². The van der Waals surface area contributed by atoms with Crippen molar-refractivity contribution in [1.82, 2.24) is 0 Å². The Balaban J connectivity index is -0.0000000103. The van der Waals surface area contributed by atoms with Crippen molar-refractivity contribution in [3.8, 4) is 0 Å². The summed E-state index contributed by atoms with van der Waals surface area (Å²) in [6.07, 6.45) is 0. The van der Waals surface area contributed by atoms with E-state index in [-0.39, 0.29) is 127 Å². The molecule has 0 bridgehead atoms. The summed E-state index contributed by atoms with van der Waals surface area (Å²) in [5.41, 5.74) is 0. The summed E-state index contributed by atoms with van der Waals surface area (Å²) in [5, 5.41) is 0. The molecule has 31 heavy (non-hydrogen) atoms. The molecule has 0 aliphatic heterocycles. The van der Waals surface area contributed by atoms with Gasteiger partial charge in [0.2, 0.25) is 0 Å². The van der Waals surface area contributed by atoms with Crippen LogP contribution in [-0.4, -0.2) is 209 Å². The van der Waals surface area contributed by atoms with Crippen LogP contribution in [0.4, 0.5) is 0 Å². The standard InChI is InChI=1S/2Al.2Ca.5H2O4S.2H2O.10H/c;;;;5*1-5(2,3)4;;;;;;;;;;;;/h;;;;5*(H2,1,2,3,4);2*1H2;;;;;;;;;;/q;;2*+2;;;;;;;;;;;;;;4*-1. The Bertz CT molecular complexity index is 648. The van der Waals surface area contributed by atoms with Crippen LogP contribution in [0.25, 0.3) is 0 Å². The van der Waals surface area contributed by atoms with Crippen molar-refractivity contribution in [1.29, 1.82) is 0 Å². The molecule has 0 atom stereocenters. The van der Waals surface area contributed by atoms with Gasteiger partial charge in [-0.05, 0) is 0 Å². The Labute approximate surface area is 262 Å². The maximum Gasteiger partial charge on any atom is 2.00 e. The summed E-state index contributed by atoms with van der Waals surface area (Å²) < 4.78 is 158. The summed E-state index contributed by atoms with van der Waals surface area (Å²) >= 11 is 0. The smallest absolute Gasteiger partial charge is 1.00 e. The molecule has 0 radical (unpaired) electrons. The number of hydrogen-bond acceptors (Lipinski definition) is 10. The fourth-order valence-corrected chi connectivity index (χ4v) is 0. The van der Waals surface area contributed by atoms with E-state index >= 15 is 0 Å². The first kappa shape index (κ1) is 70.0. The van der Waals surface area contributed by atoms with E-state index in [4.69, 9.17) is 87.6 Å². The zero-order chi connectivity index (χ0) is 22.5. The molecular weight excluding hydrogens is 646 g/mol. The Kier molecular flexibility index (Phi) is 69.7. The normalized spacial score (nSPS) is 9.35. The molecule has 0 unspecified atom stereocenters. The molecule has 0 aliphatic rings. The van der Waals surface area contributed by atoms with Gasteiger partial charge in [0.15, 0.2) is 34.7 Å². The van der Waals surface area contributed by atoms with Crippen LogP contribution in [0, 0.1) is 0 Å². The first-order valence-corrected chi connectivity index (χ1v) is 10.5. The van der Waals surface area contributed by atoms with Crippen LogP contribution in [-0.2, 0) is 52.0 Å². The quantitative estimate of drug-likeness (QED) is 0.0844. The first-order valence-electron chi connectivity index (χ1n) is 3.49. The van der Waals surface area contributed by atoms with Crippen LogP contribution in [0.3, 0.4) is 0 Å². The SMILES string of the molecule is O.O.O=S(=O)(O)O.O=S(=O)(O)O.O=S(=O)(O)O.O=S(=O)(O)O.O=S(=O)(O)O.[AlH3].[AlH3].[Ca+2].[Ca+2].[H-].[H-].[H-].[H-]. The van der Waals surface area contributed by atoms with Crippen molar-refractivity contribution < 1.29 is 104 Å². The number of rotatable bonds is 0. The Morgan fingerprint density at radius 1 is 0.323 bits per heavy atom. The fourth-order valence-electron chi connectivity index (χ4n) is 0. The monoisotopic (exact) mass is 670 g/mol. The maximum atomic E-state index is 8.74. The van der Waals surface area contributed by atoms with Gasteiger partial charge in [-0.25, -0.2) is 0 Å². The second-order valence-electron chi connectivity index (χ2n) is 2.24. The van der Waals surface area contributed by atoms with E-state index in [0.29, 0.717) is 0 Å². The van der Waals surface area contributed by atoms with Crippen molar-refractivity contribution >= 4 is 162 Å². The van der Waals surface area contributed by atoms with Gasteiger partial charge >= 0.3 is 127 Å². The van der Waals surface area contributed by atoms with Crippen LogP contribution < -0.4 is 0 Å². The molecule has 0 aromatic carbocycles. The molecule has 31 heteroatoms. The molecule has 0 fully saturated rings. The summed E-state index contributed by atoms with van der Waals surface area (Å²) in [6, 6.07) is 0. The molecule has 196 valence electrons. The molecule has 0 spiro atoms. The van der Waals surface area contributed by atoms with E-state index in [1.54, 1.807) is 0 Å². The molecule has 0 amide bonds. The van der Waals surface area contributed by atoms with E-state index < -0.39 is 52.0 Å². The molecule has 22 nitrogen and oxygen atoms in total. The largest absolute Gasteiger partial charge is 2.00 e. The van der Waals surface area contributed by atoms with Gasteiger partial charge in [-0.1, -0.05) is 0 Å². The van der Waals surface area contributed by atoms with E-state index in [1.807, 2.05) is 0 Å². The van der Waals surface area contributed by atoms with E-state index in [9.17, 15) is 0 Å². The molecule has 14 N–H and O–H groups in total. The van der Waals surface area contributed by atoms with Gasteiger partial charge < -0.3 is 16.7 Å². The minimum atomic E-state index is -4.67. The van der Waals surface area contributed by atoms with Gasteiger partial charge in [0.25, 0.3) is 0 Å². The Morgan fingerprint density at radius 2 is 0.323 bits per heavy atom. The average molecular weight is 671 g/mol. The van der Waals surface area contributed by atoms with Gasteiger partial charge in [-0.2, -0.15) is 42.1 Å². The molecule has 0 aromatic rings. The first-order chi connectivity index (χ1) is 10.0. The number of hydrogen-bond donors (Lipinski definition) is 10. The molecule has 0 saturated heterocycles. The molecule has 0 rings (SSSR count). The van der Waals surface area contributed by atoms with Crippen LogP contribution in [0.5, 0.6) is 0 Å². The van der Waals surface area contributed by atoms with Crippen LogP contribution in [0.2, 0.25) is 0 Å². The minimum Gasteiger partial charge on any atom is -1.00 e.